The van der Waals surface area contributed by atoms with Crippen molar-refractivity contribution in [1.82, 2.24) is 9.97 Å². The highest BCUT2D eigenvalue weighted by molar-refractivity contribution is 6.29. The predicted molar refractivity (Wildman–Crippen MR) is 38.1 cm³/mol. The molecule has 1 aromatic heterocycles. The number of aliphatic hydroxyl groups is 1. The fourth-order valence-electron chi connectivity index (χ4n) is 0.656. The quantitative estimate of drug-likeness (QED) is 0.771. The molecular formula is C6H4ClF3N2O. The van der Waals surface area contributed by atoms with E-state index in [1.165, 1.54) is 0 Å². The summed E-state index contributed by atoms with van der Waals surface area (Å²) in [6.07, 6.45) is -5.50. The zero-order chi connectivity index (χ0) is 10.1. The highest BCUT2D eigenvalue weighted by Gasteiger charge is 2.40. The molecule has 0 radical (unpaired) electrons. The molecule has 13 heavy (non-hydrogen) atoms. The van der Waals surface area contributed by atoms with Crippen LogP contribution in [0.25, 0.3) is 0 Å². The lowest BCUT2D eigenvalue weighted by molar-refractivity contribution is -0.208. The zero-order valence-corrected chi connectivity index (χ0v) is 6.84. The van der Waals surface area contributed by atoms with Gasteiger partial charge in [-0.1, -0.05) is 11.6 Å². The molecule has 1 aromatic rings. The Morgan fingerprint density at radius 3 is 2.46 bits per heavy atom. The summed E-state index contributed by atoms with van der Waals surface area (Å²) in [6, 6.07) is 0. The second-order valence-corrected chi connectivity index (χ2v) is 2.60. The third kappa shape index (κ3) is 2.53. The van der Waals surface area contributed by atoms with E-state index in [1.54, 1.807) is 0 Å². The molecule has 1 N–H and O–H groups in total. The van der Waals surface area contributed by atoms with Crippen molar-refractivity contribution in [3.8, 4) is 0 Å². The number of alkyl halides is 3. The van der Waals surface area contributed by atoms with Crippen LogP contribution in [-0.4, -0.2) is 21.3 Å². The smallest absolute Gasteiger partial charge is 0.378 e. The van der Waals surface area contributed by atoms with Gasteiger partial charge < -0.3 is 5.11 Å². The van der Waals surface area contributed by atoms with Crippen LogP contribution in [0.5, 0.6) is 0 Å². The summed E-state index contributed by atoms with van der Waals surface area (Å²) in [6.45, 7) is 0. The van der Waals surface area contributed by atoms with E-state index in [1.807, 2.05) is 0 Å². The predicted octanol–water partition coefficient (Wildman–Crippen LogP) is 1.73. The van der Waals surface area contributed by atoms with Crippen molar-refractivity contribution in [2.75, 3.05) is 0 Å². The van der Waals surface area contributed by atoms with Gasteiger partial charge in [0.2, 0.25) is 0 Å². The summed E-state index contributed by atoms with van der Waals surface area (Å²) in [7, 11) is 0. The van der Waals surface area contributed by atoms with Gasteiger partial charge in [0.1, 0.15) is 5.15 Å². The van der Waals surface area contributed by atoms with Gasteiger partial charge in [0.15, 0.2) is 6.10 Å². The number of hydrogen-bond donors (Lipinski definition) is 1. The van der Waals surface area contributed by atoms with Gasteiger partial charge >= 0.3 is 6.18 Å². The summed E-state index contributed by atoms with van der Waals surface area (Å²) in [5.74, 6) is 0. The van der Waals surface area contributed by atoms with Gasteiger partial charge in [-0.25, -0.2) is 4.98 Å². The topological polar surface area (TPSA) is 46.0 Å². The van der Waals surface area contributed by atoms with E-state index >= 15 is 0 Å². The first-order valence-corrected chi connectivity index (χ1v) is 3.51. The van der Waals surface area contributed by atoms with Crippen LogP contribution < -0.4 is 0 Å². The summed E-state index contributed by atoms with van der Waals surface area (Å²) >= 11 is 5.29. The molecule has 0 aliphatic carbocycles. The average molecular weight is 213 g/mol. The van der Waals surface area contributed by atoms with Crippen LogP contribution in [0.15, 0.2) is 12.4 Å². The molecule has 0 saturated carbocycles. The minimum atomic E-state index is -4.75. The van der Waals surface area contributed by atoms with Gasteiger partial charge in [0, 0.05) is 0 Å². The Morgan fingerprint density at radius 1 is 1.38 bits per heavy atom. The van der Waals surface area contributed by atoms with Crippen LogP contribution in [0.4, 0.5) is 13.2 Å². The molecule has 0 aliphatic heterocycles. The standard InChI is InChI=1S/C6H4ClF3N2O/c7-4-2-11-1-3(12-4)5(13)6(8,9)10/h1-2,5,13H/t5-/m1/s1. The Bertz CT molecular complexity index is 304. The van der Waals surface area contributed by atoms with Crippen molar-refractivity contribution < 1.29 is 18.3 Å². The van der Waals surface area contributed by atoms with Crippen LogP contribution >= 0.6 is 11.6 Å². The maximum atomic E-state index is 11.9. The molecule has 0 bridgehead atoms. The number of aliphatic hydroxyl groups excluding tert-OH is 1. The molecule has 7 heteroatoms. The first-order chi connectivity index (χ1) is 5.91. The van der Waals surface area contributed by atoms with Crippen LogP contribution in [0.1, 0.15) is 11.8 Å². The summed E-state index contributed by atoms with van der Waals surface area (Å²) in [5.41, 5.74) is -0.611. The monoisotopic (exact) mass is 212 g/mol. The highest BCUT2D eigenvalue weighted by Crippen LogP contribution is 2.31. The first-order valence-electron chi connectivity index (χ1n) is 3.13. The van der Waals surface area contributed by atoms with Gasteiger partial charge in [-0.3, -0.25) is 4.98 Å². The van der Waals surface area contributed by atoms with Crippen molar-refractivity contribution in [3.63, 3.8) is 0 Å². The molecule has 0 aliphatic rings. The number of hydrogen-bond acceptors (Lipinski definition) is 3. The minimum absolute atomic E-state index is 0.194. The lowest BCUT2D eigenvalue weighted by atomic mass is 10.2. The van der Waals surface area contributed by atoms with E-state index < -0.39 is 18.0 Å². The molecule has 0 saturated heterocycles. The second-order valence-electron chi connectivity index (χ2n) is 2.21. The maximum Gasteiger partial charge on any atom is 0.420 e. The zero-order valence-electron chi connectivity index (χ0n) is 6.09. The first kappa shape index (κ1) is 10.2. The normalized spacial score (nSPS) is 14.2. The summed E-state index contributed by atoms with van der Waals surface area (Å²) in [5, 5.41) is 8.50. The molecule has 3 nitrogen and oxygen atoms in total. The molecule has 0 fully saturated rings. The fraction of sp³-hybridized carbons (Fsp3) is 0.333. The van der Waals surface area contributed by atoms with Crippen molar-refractivity contribution in [2.24, 2.45) is 0 Å². The largest absolute Gasteiger partial charge is 0.420 e. The van der Waals surface area contributed by atoms with Crippen LogP contribution in [0, 0.1) is 0 Å². The van der Waals surface area contributed by atoms with Crippen molar-refractivity contribution >= 4 is 11.6 Å². The van der Waals surface area contributed by atoms with Gasteiger partial charge in [0.05, 0.1) is 18.1 Å². The highest BCUT2D eigenvalue weighted by atomic mass is 35.5. The van der Waals surface area contributed by atoms with Crippen LogP contribution in [-0.2, 0) is 0 Å². The van der Waals surface area contributed by atoms with Gasteiger partial charge in [-0.2, -0.15) is 13.2 Å². The van der Waals surface area contributed by atoms with E-state index in [4.69, 9.17) is 16.7 Å². The molecule has 0 spiro atoms. The van der Waals surface area contributed by atoms with Crippen molar-refractivity contribution in [1.29, 1.82) is 0 Å². The van der Waals surface area contributed by atoms with E-state index in [0.717, 1.165) is 12.4 Å². The van der Waals surface area contributed by atoms with E-state index in [-0.39, 0.29) is 5.15 Å². The molecule has 1 rings (SSSR count). The molecule has 0 unspecified atom stereocenters. The Morgan fingerprint density at radius 2 is 2.00 bits per heavy atom. The Hall–Kier alpha value is -0.880. The van der Waals surface area contributed by atoms with E-state index in [2.05, 4.69) is 9.97 Å². The molecule has 72 valence electrons. The maximum absolute atomic E-state index is 11.9. The molecule has 1 atom stereocenters. The third-order valence-corrected chi connectivity index (χ3v) is 1.40. The summed E-state index contributed by atoms with van der Waals surface area (Å²) < 4.78 is 35.7. The minimum Gasteiger partial charge on any atom is -0.378 e. The van der Waals surface area contributed by atoms with Crippen LogP contribution in [0.2, 0.25) is 5.15 Å². The van der Waals surface area contributed by atoms with E-state index in [9.17, 15) is 13.2 Å². The molecule has 0 amide bonds. The lowest BCUT2D eigenvalue weighted by Gasteiger charge is -2.12. The van der Waals surface area contributed by atoms with Gasteiger partial charge in [-0.05, 0) is 0 Å². The van der Waals surface area contributed by atoms with Crippen molar-refractivity contribution in [2.45, 2.75) is 12.3 Å². The average Bonchev–Trinajstić information content (AvgIpc) is 2.01. The SMILES string of the molecule is O[C@H](c1cncc(Cl)n1)C(F)(F)F. The van der Waals surface area contributed by atoms with Crippen molar-refractivity contribution in [3.05, 3.63) is 23.2 Å². The molecule has 0 aromatic carbocycles. The fourth-order valence-corrected chi connectivity index (χ4v) is 0.810. The van der Waals surface area contributed by atoms with Crippen LogP contribution in [0.3, 0.4) is 0 Å². The van der Waals surface area contributed by atoms with Gasteiger partial charge in [-0.15, -0.1) is 0 Å². The molecule has 1 heterocycles. The second kappa shape index (κ2) is 3.47. The number of halogens is 4. The number of rotatable bonds is 1. The Labute approximate surface area is 76.2 Å². The lowest BCUT2D eigenvalue weighted by Crippen LogP contribution is -2.21. The Kier molecular flexibility index (Phi) is 2.72. The molecular weight excluding hydrogens is 209 g/mol. The number of aromatic nitrogens is 2. The third-order valence-electron chi connectivity index (χ3n) is 1.21. The number of nitrogens with zero attached hydrogens (tertiary/aromatic N) is 2. The van der Waals surface area contributed by atoms with E-state index in [0.29, 0.717) is 0 Å². The Balaban J connectivity index is 2.96. The van der Waals surface area contributed by atoms with Gasteiger partial charge in [0.25, 0.3) is 0 Å². The summed E-state index contributed by atoms with van der Waals surface area (Å²) in [4.78, 5) is 6.64.